The molecule has 0 unspecified atom stereocenters. The molecule has 5 nitrogen and oxygen atoms in total. The number of imide groups is 1. The highest BCUT2D eigenvalue weighted by molar-refractivity contribution is 6.23. The van der Waals surface area contributed by atoms with E-state index in [2.05, 4.69) is 4.98 Å². The van der Waals surface area contributed by atoms with Crippen LogP contribution < -0.4 is 4.90 Å². The third-order valence-corrected chi connectivity index (χ3v) is 4.47. The highest BCUT2D eigenvalue weighted by atomic mass is 16.2. The number of amides is 2. The summed E-state index contributed by atoms with van der Waals surface area (Å²) in [6.07, 6.45) is 1.66. The van der Waals surface area contributed by atoms with Crippen LogP contribution in [0, 0.1) is 0 Å². The average Bonchev–Trinajstić information content (AvgIpc) is 2.85. The summed E-state index contributed by atoms with van der Waals surface area (Å²) in [6.45, 7) is 0.187. The van der Waals surface area contributed by atoms with Crippen LogP contribution in [0.15, 0.2) is 54.7 Å². The summed E-state index contributed by atoms with van der Waals surface area (Å²) >= 11 is 0. The number of fused-ring (bicyclic) bond motifs is 2. The first-order valence-electron chi connectivity index (χ1n) is 8.06. The van der Waals surface area contributed by atoms with Crippen molar-refractivity contribution < 1.29 is 9.59 Å². The molecule has 5 heteroatoms. The van der Waals surface area contributed by atoms with Gasteiger partial charge in [0.2, 0.25) is 0 Å². The van der Waals surface area contributed by atoms with Gasteiger partial charge in [-0.2, -0.15) is 0 Å². The first kappa shape index (κ1) is 15.3. The van der Waals surface area contributed by atoms with E-state index in [1.54, 1.807) is 12.3 Å². The van der Waals surface area contributed by atoms with Crippen LogP contribution in [0.3, 0.4) is 0 Å². The van der Waals surface area contributed by atoms with Crippen LogP contribution in [0.1, 0.15) is 26.4 Å². The molecule has 0 N–H and O–H groups in total. The van der Waals surface area contributed by atoms with Crippen molar-refractivity contribution in [1.29, 1.82) is 0 Å². The van der Waals surface area contributed by atoms with Crippen molar-refractivity contribution in [2.45, 2.75) is 6.54 Å². The maximum Gasteiger partial charge on any atom is 0.261 e. The number of carbonyl (C=O) groups is 2. The Labute approximate surface area is 145 Å². The number of hydrogen-bond donors (Lipinski definition) is 0. The van der Waals surface area contributed by atoms with Crippen LogP contribution in [0.2, 0.25) is 0 Å². The Balaban J connectivity index is 1.76. The van der Waals surface area contributed by atoms with E-state index in [4.69, 9.17) is 0 Å². The maximum absolute atomic E-state index is 12.7. The zero-order valence-electron chi connectivity index (χ0n) is 14.1. The minimum absolute atomic E-state index is 0.187. The molecule has 3 aromatic rings. The van der Waals surface area contributed by atoms with Gasteiger partial charge in [0.05, 0.1) is 23.4 Å². The van der Waals surface area contributed by atoms with Gasteiger partial charge in [-0.25, -0.2) is 0 Å². The van der Waals surface area contributed by atoms with Crippen molar-refractivity contribution in [1.82, 2.24) is 9.88 Å². The first-order valence-corrected chi connectivity index (χ1v) is 8.06. The van der Waals surface area contributed by atoms with Crippen LogP contribution in [-0.2, 0) is 6.54 Å². The predicted octanol–water partition coefficient (Wildman–Crippen LogP) is 3.10. The van der Waals surface area contributed by atoms with Gasteiger partial charge in [0.25, 0.3) is 11.8 Å². The number of hydrogen-bond acceptors (Lipinski definition) is 4. The molecule has 2 amide bonds. The molecule has 2 heterocycles. The third kappa shape index (κ3) is 2.54. The minimum atomic E-state index is -0.261. The second-order valence-electron chi connectivity index (χ2n) is 6.34. The van der Waals surface area contributed by atoms with Crippen LogP contribution in [0.4, 0.5) is 5.69 Å². The first-order chi connectivity index (χ1) is 12.0. The summed E-state index contributed by atoms with van der Waals surface area (Å²) in [7, 11) is 3.94. The molecule has 0 bridgehead atoms. The number of nitrogens with zero attached hydrogens (tertiary/aromatic N) is 3. The van der Waals surface area contributed by atoms with E-state index in [-0.39, 0.29) is 18.4 Å². The van der Waals surface area contributed by atoms with Crippen molar-refractivity contribution in [2.24, 2.45) is 0 Å². The van der Waals surface area contributed by atoms with Crippen LogP contribution in [0.25, 0.3) is 10.8 Å². The van der Waals surface area contributed by atoms with Gasteiger partial charge in [0, 0.05) is 26.0 Å². The summed E-state index contributed by atoms with van der Waals surface area (Å²) in [5, 5.41) is 1.90. The zero-order valence-corrected chi connectivity index (χ0v) is 14.1. The van der Waals surface area contributed by atoms with Crippen LogP contribution in [0.5, 0.6) is 0 Å². The Morgan fingerprint density at radius 3 is 2.28 bits per heavy atom. The summed E-state index contributed by atoms with van der Waals surface area (Å²) < 4.78 is 0. The van der Waals surface area contributed by atoms with Gasteiger partial charge in [0.15, 0.2) is 0 Å². The lowest BCUT2D eigenvalue weighted by Crippen LogP contribution is -2.29. The summed E-state index contributed by atoms with van der Waals surface area (Å²) in [4.78, 5) is 32.9. The number of rotatable bonds is 3. The number of pyridine rings is 1. The number of anilines is 1. The SMILES string of the molecule is CN(C)c1ccc2cc3c(cc2c1)C(=O)N(Cc1ccccn1)C3=O. The molecule has 1 aliphatic rings. The summed E-state index contributed by atoms with van der Waals surface area (Å²) in [5.74, 6) is -0.521. The number of aromatic nitrogens is 1. The third-order valence-electron chi connectivity index (χ3n) is 4.47. The second kappa shape index (κ2) is 5.70. The molecule has 0 fully saturated rings. The lowest BCUT2D eigenvalue weighted by Gasteiger charge is -2.13. The average molecular weight is 331 g/mol. The largest absolute Gasteiger partial charge is 0.378 e. The van der Waals surface area contributed by atoms with Crippen molar-refractivity contribution in [3.63, 3.8) is 0 Å². The topological polar surface area (TPSA) is 53.5 Å². The quantitative estimate of drug-likeness (QED) is 0.692. The molecule has 1 aliphatic heterocycles. The van der Waals surface area contributed by atoms with Gasteiger partial charge in [-0.15, -0.1) is 0 Å². The minimum Gasteiger partial charge on any atom is -0.378 e. The van der Waals surface area contributed by atoms with Gasteiger partial charge in [-0.3, -0.25) is 19.5 Å². The fraction of sp³-hybridized carbons (Fsp3) is 0.150. The molecule has 4 rings (SSSR count). The molecule has 2 aromatic carbocycles. The fourth-order valence-electron chi connectivity index (χ4n) is 3.10. The maximum atomic E-state index is 12.7. The Bertz CT molecular complexity index is 996. The number of carbonyl (C=O) groups excluding carboxylic acids is 2. The van der Waals surface area contributed by atoms with Crippen molar-refractivity contribution in [2.75, 3.05) is 19.0 Å². The molecule has 0 aliphatic carbocycles. The van der Waals surface area contributed by atoms with E-state index >= 15 is 0 Å². The normalized spacial score (nSPS) is 13.4. The van der Waals surface area contributed by atoms with E-state index in [0.29, 0.717) is 16.8 Å². The molecular weight excluding hydrogens is 314 g/mol. The van der Waals surface area contributed by atoms with E-state index < -0.39 is 0 Å². The second-order valence-corrected chi connectivity index (χ2v) is 6.34. The van der Waals surface area contributed by atoms with Gasteiger partial charge < -0.3 is 4.90 Å². The van der Waals surface area contributed by atoms with Crippen molar-refractivity contribution in [3.05, 3.63) is 71.5 Å². The van der Waals surface area contributed by atoms with E-state index in [1.165, 1.54) is 4.90 Å². The number of benzene rings is 2. The molecule has 0 atom stereocenters. The van der Waals surface area contributed by atoms with Crippen LogP contribution in [-0.4, -0.2) is 35.8 Å². The predicted molar refractivity (Wildman–Crippen MR) is 96.7 cm³/mol. The van der Waals surface area contributed by atoms with Crippen molar-refractivity contribution >= 4 is 28.3 Å². The Kier molecular flexibility index (Phi) is 3.50. The fourth-order valence-corrected chi connectivity index (χ4v) is 3.10. The van der Waals surface area contributed by atoms with Crippen LogP contribution >= 0.6 is 0 Å². The Morgan fingerprint density at radius 2 is 1.64 bits per heavy atom. The standard InChI is InChI=1S/C20H17N3O2/c1-22(2)16-7-6-13-10-17-18(11-14(13)9-16)20(25)23(19(17)24)12-15-5-3-4-8-21-15/h3-11H,12H2,1-2H3. The van der Waals surface area contributed by atoms with E-state index in [9.17, 15) is 9.59 Å². The van der Waals surface area contributed by atoms with Crippen molar-refractivity contribution in [3.8, 4) is 0 Å². The van der Waals surface area contributed by atoms with E-state index in [0.717, 1.165) is 16.5 Å². The molecule has 1 aromatic heterocycles. The highest BCUT2D eigenvalue weighted by Crippen LogP contribution is 2.30. The van der Waals surface area contributed by atoms with Gasteiger partial charge in [0.1, 0.15) is 0 Å². The Hall–Kier alpha value is -3.21. The van der Waals surface area contributed by atoms with Gasteiger partial charge in [-0.05, 0) is 47.2 Å². The molecule has 0 radical (unpaired) electrons. The summed E-state index contributed by atoms with van der Waals surface area (Å²) in [5.41, 5.74) is 2.67. The van der Waals surface area contributed by atoms with E-state index in [1.807, 2.05) is 61.5 Å². The van der Waals surface area contributed by atoms with Gasteiger partial charge >= 0.3 is 0 Å². The molecule has 0 spiro atoms. The molecule has 0 saturated carbocycles. The molecule has 0 saturated heterocycles. The van der Waals surface area contributed by atoms with Gasteiger partial charge in [-0.1, -0.05) is 12.1 Å². The summed E-state index contributed by atoms with van der Waals surface area (Å²) in [6, 6.07) is 15.1. The lowest BCUT2D eigenvalue weighted by atomic mass is 10.0. The molecule has 124 valence electrons. The smallest absolute Gasteiger partial charge is 0.261 e. The highest BCUT2D eigenvalue weighted by Gasteiger charge is 2.36. The molecular formula is C20H17N3O2. The lowest BCUT2D eigenvalue weighted by molar-refractivity contribution is 0.0640. The Morgan fingerprint density at radius 1 is 0.920 bits per heavy atom. The zero-order chi connectivity index (χ0) is 17.6. The molecule has 25 heavy (non-hydrogen) atoms. The monoisotopic (exact) mass is 331 g/mol.